The van der Waals surface area contributed by atoms with Gasteiger partial charge < -0.3 is 42.1 Å². The van der Waals surface area contributed by atoms with E-state index in [0.29, 0.717) is 83.7 Å². The number of carboxylic acid groups (broad SMARTS) is 1. The number of nitrogens with one attached hydrogen (secondary N) is 2. The zero-order valence-corrected chi connectivity index (χ0v) is 46.0. The number of nitrogens with zero attached hydrogens (tertiary/aromatic N) is 8. The van der Waals surface area contributed by atoms with Crippen LogP contribution in [-0.2, 0) is 38.0 Å². The number of para-hydroxylation sites is 4. The molecule has 12 rings (SSSR count). The van der Waals surface area contributed by atoms with Gasteiger partial charge in [-0.2, -0.15) is 9.97 Å². The molecule has 0 unspecified atom stereocenters. The maximum atomic E-state index is 12.2. The fourth-order valence-corrected chi connectivity index (χ4v) is 8.17. The van der Waals surface area contributed by atoms with Gasteiger partial charge in [0.2, 0.25) is 11.9 Å². The Morgan fingerprint density at radius 1 is 0.560 bits per heavy atom. The second-order valence-corrected chi connectivity index (χ2v) is 18.0. The Morgan fingerprint density at radius 2 is 1.00 bits per heavy atom. The van der Waals surface area contributed by atoms with Gasteiger partial charge in [0.15, 0.2) is 16.9 Å². The Labute approximate surface area is 477 Å². The van der Waals surface area contributed by atoms with Gasteiger partial charge in [-0.1, -0.05) is 55.5 Å². The van der Waals surface area contributed by atoms with Crippen molar-refractivity contribution in [2.75, 3.05) is 64.5 Å². The predicted octanol–water partition coefficient (Wildman–Crippen LogP) is 8.28. The number of nitrogens with two attached hydrogens (primary N) is 1. The Morgan fingerprint density at radius 3 is 1.44 bits per heavy atom. The lowest BCUT2D eigenvalue weighted by molar-refractivity contribution is -0.103. The van der Waals surface area contributed by atoms with Gasteiger partial charge in [0, 0.05) is 40.5 Å². The van der Waals surface area contributed by atoms with Crippen LogP contribution < -0.4 is 16.5 Å². The number of Topliss-reactive ketones (excluding diaryl/α,β-unsaturated/α-hetero) is 1. The lowest BCUT2D eigenvalue weighted by atomic mass is 10.1. The number of anilines is 4. The number of ketones is 1. The fraction of sp³-hybridized carbons (Fsp3) is 0.207. The van der Waals surface area contributed by atoms with Crippen LogP contribution in [0.4, 0.5) is 23.9 Å². The number of hydrogen-bond donors (Lipinski definition) is 5. The van der Waals surface area contributed by atoms with Crippen LogP contribution in [0, 0.1) is 0 Å². The Balaban J connectivity index is 0.000000146. The highest BCUT2D eigenvalue weighted by molar-refractivity contribution is 6.21. The fourth-order valence-electron chi connectivity index (χ4n) is 8.17. The van der Waals surface area contributed by atoms with E-state index in [1.807, 2.05) is 84.8 Å². The average molecular weight is 1150 g/mol. The van der Waals surface area contributed by atoms with Crippen molar-refractivity contribution >= 4 is 104 Å². The highest BCUT2D eigenvalue weighted by Gasteiger charge is 2.36. The Kier molecular flexibility index (Phi) is 20.1. The summed E-state index contributed by atoms with van der Waals surface area (Å²) in [5.74, 6) is 2.56. The molecule has 6 aromatic carbocycles. The first kappa shape index (κ1) is 60.0. The van der Waals surface area contributed by atoms with Gasteiger partial charge in [0.25, 0.3) is 23.6 Å². The van der Waals surface area contributed by atoms with Gasteiger partial charge in [-0.05, 0) is 91.3 Å². The summed E-state index contributed by atoms with van der Waals surface area (Å²) in [6, 6.07) is 38.9. The van der Waals surface area contributed by atoms with Gasteiger partial charge in [0.1, 0.15) is 17.6 Å². The van der Waals surface area contributed by atoms with E-state index in [4.69, 9.17) is 33.5 Å². The number of oxazole rings is 2. The molecule has 4 amide bonds. The van der Waals surface area contributed by atoms with E-state index in [2.05, 4.69) is 46.0 Å². The van der Waals surface area contributed by atoms with Crippen molar-refractivity contribution in [2.24, 2.45) is 20.0 Å². The molecule has 0 saturated carbocycles. The number of imidazole rings is 2. The van der Waals surface area contributed by atoms with Crippen molar-refractivity contribution in [2.45, 2.75) is 13.3 Å². The number of hydroxylamine groups is 4. The monoisotopic (exact) mass is 1150 g/mol. The number of aromatic carboxylic acids is 1. The summed E-state index contributed by atoms with van der Waals surface area (Å²) in [7, 11) is 6.84. The number of carbonyl (C=O) groups excluding carboxylic acids is 5. The van der Waals surface area contributed by atoms with Crippen LogP contribution in [0.3, 0.4) is 0 Å². The van der Waals surface area contributed by atoms with Crippen LogP contribution in [0.25, 0.3) is 44.3 Å². The normalized spacial score (nSPS) is 12.3. The zero-order chi connectivity index (χ0) is 59.9. The first-order valence-electron chi connectivity index (χ1n) is 25.7. The lowest BCUT2D eigenvalue weighted by Crippen LogP contribution is -2.31. The van der Waals surface area contributed by atoms with Gasteiger partial charge in [-0.25, -0.2) is 20.7 Å². The third-order valence-electron chi connectivity index (χ3n) is 12.4. The molecule has 4 aromatic heterocycles. The maximum Gasteiger partial charge on any atom is 0.335 e. The zero-order valence-electron chi connectivity index (χ0n) is 46.0. The molecule has 6 heterocycles. The van der Waals surface area contributed by atoms with E-state index < -0.39 is 29.6 Å². The summed E-state index contributed by atoms with van der Waals surface area (Å²) in [6.07, 6.45) is 0.886. The van der Waals surface area contributed by atoms with Crippen LogP contribution >= 0.6 is 0 Å². The Bertz CT molecular complexity index is 3860. The molecule has 2 aliphatic rings. The molecule has 10 aromatic rings. The Hall–Kier alpha value is -10.1. The molecule has 0 atom stereocenters. The topological polar surface area (TPSA) is 333 Å². The molecule has 0 radical (unpaired) electrons. The lowest BCUT2D eigenvalue weighted by Gasteiger charge is -2.12. The first-order chi connectivity index (χ1) is 40.6. The highest BCUT2D eigenvalue weighted by atomic mass is 16.7. The highest BCUT2D eigenvalue weighted by Crippen LogP contribution is 2.28. The third-order valence-corrected chi connectivity index (χ3v) is 12.4. The second-order valence-electron chi connectivity index (χ2n) is 18.0. The summed E-state index contributed by atoms with van der Waals surface area (Å²) in [5.41, 5.74) is 8.00. The molecule has 26 heteroatoms. The number of carboxylic acids is 1. The van der Waals surface area contributed by atoms with Crippen LogP contribution in [0.15, 0.2) is 142 Å². The largest absolute Gasteiger partial charge is 0.478 e. The number of methoxy groups -OCH3 is 2. The molecule has 6 N–H and O–H groups in total. The maximum absolute atomic E-state index is 12.2. The van der Waals surface area contributed by atoms with Crippen molar-refractivity contribution in [1.82, 2.24) is 39.2 Å². The minimum Gasteiger partial charge on any atom is -0.478 e. The van der Waals surface area contributed by atoms with Crippen LogP contribution in [0.1, 0.15) is 75.5 Å². The molecular weight excluding hydrogens is 1090 g/mol. The number of benzene rings is 6. The molecule has 0 saturated heterocycles. The van der Waals surface area contributed by atoms with Crippen molar-refractivity contribution in [3.63, 3.8) is 0 Å². The summed E-state index contributed by atoms with van der Waals surface area (Å²) in [6.45, 7) is 4.20. The van der Waals surface area contributed by atoms with E-state index >= 15 is 0 Å². The molecule has 0 bridgehead atoms. The number of fused-ring (bicyclic) bond motifs is 6. The van der Waals surface area contributed by atoms with Crippen molar-refractivity contribution in [3.8, 4) is 0 Å². The minimum atomic E-state index is -0.981. The van der Waals surface area contributed by atoms with E-state index in [9.17, 15) is 28.8 Å². The van der Waals surface area contributed by atoms with Gasteiger partial charge in [-0.3, -0.25) is 44.7 Å². The predicted molar refractivity (Wildman–Crippen MR) is 304 cm³/mol. The molecule has 26 nitrogen and oxygen atoms in total. The third kappa shape index (κ3) is 14.0. The van der Waals surface area contributed by atoms with E-state index in [0.717, 1.165) is 39.1 Å². The number of imide groups is 2. The number of hydrogen-bond acceptors (Lipinski definition) is 21. The number of ether oxygens (including phenoxy) is 3. The molecular formula is C58H57N11O15. The number of carbonyl (C=O) groups is 6. The summed E-state index contributed by atoms with van der Waals surface area (Å²) < 4.78 is 29.7. The molecule has 434 valence electrons. The molecule has 2 aliphatic heterocycles. The number of amides is 4. The number of rotatable bonds is 17. The van der Waals surface area contributed by atoms with Gasteiger partial charge >= 0.3 is 18.0 Å². The SMILES string of the molecule is CCCOCC(=O)c1ccc2c(c1)nc(Nc1nc3ccccc3o1)n2C.COCCON.COCCON1C(=O)c2ccccc2C1=O.Cn1c(Nc2nc3ccccc3o2)nc2cc(C(=O)O)ccc21.O=C1c2ccccc2C(=O)N1O. The molecule has 0 aliphatic carbocycles. The van der Waals surface area contributed by atoms with Gasteiger partial charge in [-0.15, -0.1) is 10.1 Å². The summed E-state index contributed by atoms with van der Waals surface area (Å²) in [5, 5.41) is 25.0. The standard InChI is InChI=1S/C20H20N4O3.C16H12N4O3.C11H11NO4.C8H5NO3.C3H9NO2/c1-3-10-26-12-17(25)13-8-9-16-15(11-13)21-19(24(16)2)23-20-22-14-6-4-5-7-18(14)27-20;1-20-12-7-6-9(14(21)22)8-11(12)17-15(20)19-16-18-10-4-2-3-5-13(10)23-16;1-15-6-7-16-12-10(13)8-4-2-3-5-9(8)11(12)14;10-7-5-3-1-2-4-6(5)8(11)9(7)12;1-5-2-3-6-4/h4-9,11H,3,10,12H2,1-2H3,(H,21,22,23);2-8H,1H3,(H,21,22)(H,17,18,19);2-5H,6-7H2,1H3;1-4,12H;2-4H2,1H3. The van der Waals surface area contributed by atoms with Crippen molar-refractivity contribution in [1.29, 1.82) is 0 Å². The van der Waals surface area contributed by atoms with Crippen molar-refractivity contribution < 1.29 is 71.8 Å². The minimum absolute atomic E-state index is 0.0514. The summed E-state index contributed by atoms with van der Waals surface area (Å²) >= 11 is 0. The summed E-state index contributed by atoms with van der Waals surface area (Å²) in [4.78, 5) is 95.8. The molecule has 0 fully saturated rings. The van der Waals surface area contributed by atoms with Crippen LogP contribution in [0.2, 0.25) is 0 Å². The van der Waals surface area contributed by atoms with E-state index in [1.54, 1.807) is 67.8 Å². The van der Waals surface area contributed by atoms with E-state index in [-0.39, 0.29) is 40.8 Å². The quantitative estimate of drug-likeness (QED) is 0.0188. The van der Waals surface area contributed by atoms with Crippen LogP contribution in [-0.4, -0.2) is 139 Å². The number of aromatic nitrogens is 6. The average Bonchev–Trinajstić information content (AvgIpc) is 4.00. The smallest absolute Gasteiger partial charge is 0.335 e. The number of aryl methyl sites for hydroxylation is 2. The molecule has 0 spiro atoms. The van der Waals surface area contributed by atoms with Crippen LogP contribution in [0.5, 0.6) is 0 Å². The van der Waals surface area contributed by atoms with Crippen molar-refractivity contribution in [3.05, 3.63) is 167 Å². The first-order valence-corrected chi connectivity index (χ1v) is 25.7. The van der Waals surface area contributed by atoms with Gasteiger partial charge in [0.05, 0.1) is 76.3 Å². The molecule has 84 heavy (non-hydrogen) atoms. The van der Waals surface area contributed by atoms with E-state index in [1.165, 1.54) is 25.3 Å². The second kappa shape index (κ2) is 28.1.